The molecule has 1 heterocycles. The molecule has 2 N–H and O–H groups in total. The zero-order chi connectivity index (χ0) is 20.1. The first-order valence-corrected chi connectivity index (χ1v) is 8.08. The van der Waals surface area contributed by atoms with E-state index in [1.54, 1.807) is 18.2 Å². The van der Waals surface area contributed by atoms with Crippen molar-refractivity contribution in [2.24, 2.45) is 0 Å². The lowest BCUT2D eigenvalue weighted by atomic mass is 10.2. The van der Waals surface area contributed by atoms with Crippen LogP contribution in [-0.2, 0) is 0 Å². The SMILES string of the molecule is COc1ccc(OC)c(NC(=O)c2cnc(Nc3c(F)cccc3F)cn2)c1. The molecule has 0 aliphatic rings. The first-order valence-electron chi connectivity index (χ1n) is 8.08. The van der Waals surface area contributed by atoms with Crippen LogP contribution in [0, 0.1) is 11.6 Å². The molecule has 0 fully saturated rings. The smallest absolute Gasteiger partial charge is 0.275 e. The summed E-state index contributed by atoms with van der Waals surface area (Å²) in [5.41, 5.74) is 0.0452. The lowest BCUT2D eigenvalue weighted by Crippen LogP contribution is -2.15. The van der Waals surface area contributed by atoms with Gasteiger partial charge in [-0.15, -0.1) is 0 Å². The van der Waals surface area contributed by atoms with Crippen molar-refractivity contribution in [3.8, 4) is 11.5 Å². The van der Waals surface area contributed by atoms with Gasteiger partial charge in [-0.25, -0.2) is 18.7 Å². The molecule has 28 heavy (non-hydrogen) atoms. The van der Waals surface area contributed by atoms with E-state index in [0.717, 1.165) is 12.1 Å². The van der Waals surface area contributed by atoms with Gasteiger partial charge in [0.15, 0.2) is 0 Å². The molecule has 1 aromatic heterocycles. The molecule has 2 aromatic carbocycles. The van der Waals surface area contributed by atoms with E-state index in [0.29, 0.717) is 17.2 Å². The van der Waals surface area contributed by atoms with E-state index in [1.807, 2.05) is 0 Å². The summed E-state index contributed by atoms with van der Waals surface area (Å²) in [6, 6.07) is 8.42. The van der Waals surface area contributed by atoms with Crippen LogP contribution in [0.5, 0.6) is 11.5 Å². The first kappa shape index (κ1) is 19.0. The third-order valence-electron chi connectivity index (χ3n) is 3.76. The van der Waals surface area contributed by atoms with Crippen LogP contribution in [-0.4, -0.2) is 30.1 Å². The van der Waals surface area contributed by atoms with Crippen molar-refractivity contribution in [3.63, 3.8) is 0 Å². The van der Waals surface area contributed by atoms with Gasteiger partial charge in [-0.1, -0.05) is 6.07 Å². The van der Waals surface area contributed by atoms with Gasteiger partial charge in [0, 0.05) is 6.07 Å². The van der Waals surface area contributed by atoms with Crippen LogP contribution in [0.4, 0.5) is 26.0 Å². The number of benzene rings is 2. The molecule has 0 aliphatic heterocycles. The maximum Gasteiger partial charge on any atom is 0.275 e. The van der Waals surface area contributed by atoms with Crippen LogP contribution in [0.25, 0.3) is 0 Å². The number of hydrogen-bond donors (Lipinski definition) is 2. The topological polar surface area (TPSA) is 85.4 Å². The Balaban J connectivity index is 1.76. The highest BCUT2D eigenvalue weighted by atomic mass is 19.1. The number of rotatable bonds is 6. The fraction of sp³-hybridized carbons (Fsp3) is 0.105. The van der Waals surface area contributed by atoms with Gasteiger partial charge >= 0.3 is 0 Å². The predicted octanol–water partition coefficient (Wildman–Crippen LogP) is 3.77. The number of carbonyl (C=O) groups is 1. The second kappa shape index (κ2) is 8.30. The Labute approximate surface area is 159 Å². The second-order valence-electron chi connectivity index (χ2n) is 5.53. The number of anilines is 3. The molecule has 9 heteroatoms. The van der Waals surface area contributed by atoms with Crippen molar-refractivity contribution >= 4 is 23.1 Å². The Morgan fingerprint density at radius 2 is 1.75 bits per heavy atom. The minimum absolute atomic E-state index is 0.00410. The highest BCUT2D eigenvalue weighted by molar-refractivity contribution is 6.03. The lowest BCUT2D eigenvalue weighted by molar-refractivity contribution is 0.102. The van der Waals surface area contributed by atoms with Crippen molar-refractivity contribution in [2.75, 3.05) is 24.9 Å². The Hall–Kier alpha value is -3.75. The Kier molecular flexibility index (Phi) is 5.64. The monoisotopic (exact) mass is 386 g/mol. The summed E-state index contributed by atoms with van der Waals surface area (Å²) < 4.78 is 37.7. The van der Waals surface area contributed by atoms with Crippen molar-refractivity contribution < 1.29 is 23.0 Å². The van der Waals surface area contributed by atoms with E-state index in [4.69, 9.17) is 9.47 Å². The summed E-state index contributed by atoms with van der Waals surface area (Å²) in [5, 5.41) is 5.15. The molecular formula is C19H16F2N4O3. The summed E-state index contributed by atoms with van der Waals surface area (Å²) in [6.45, 7) is 0. The lowest BCUT2D eigenvalue weighted by Gasteiger charge is -2.12. The Morgan fingerprint density at radius 1 is 1.00 bits per heavy atom. The molecule has 0 unspecified atom stereocenters. The number of nitrogens with one attached hydrogen (secondary N) is 2. The standard InChI is InChI=1S/C19H16F2N4O3/c1-27-11-6-7-16(28-2)14(8-11)24-19(26)15-9-23-17(10-22-15)25-18-12(20)4-3-5-13(18)21/h3-10H,1-2H3,(H,23,25)(H,24,26). The number of aromatic nitrogens is 2. The van der Waals surface area contributed by atoms with Crippen LogP contribution in [0.3, 0.4) is 0 Å². The quantitative estimate of drug-likeness (QED) is 0.671. The largest absolute Gasteiger partial charge is 0.497 e. The van der Waals surface area contributed by atoms with E-state index < -0.39 is 17.5 Å². The molecule has 7 nitrogen and oxygen atoms in total. The predicted molar refractivity (Wildman–Crippen MR) is 99.2 cm³/mol. The van der Waals surface area contributed by atoms with Gasteiger partial charge in [-0.2, -0.15) is 0 Å². The van der Waals surface area contributed by atoms with Gasteiger partial charge < -0.3 is 20.1 Å². The van der Waals surface area contributed by atoms with Crippen LogP contribution >= 0.6 is 0 Å². The number of methoxy groups -OCH3 is 2. The van der Waals surface area contributed by atoms with Crippen molar-refractivity contribution in [3.05, 3.63) is 66.1 Å². The maximum atomic E-state index is 13.7. The fourth-order valence-corrected chi connectivity index (χ4v) is 2.35. The van der Waals surface area contributed by atoms with Gasteiger partial charge in [0.25, 0.3) is 5.91 Å². The number of amides is 1. The minimum Gasteiger partial charge on any atom is -0.497 e. The molecule has 0 radical (unpaired) electrons. The number of nitrogens with zero attached hydrogens (tertiary/aromatic N) is 2. The molecule has 0 atom stereocenters. The van der Waals surface area contributed by atoms with Crippen LogP contribution in [0.2, 0.25) is 0 Å². The van der Waals surface area contributed by atoms with E-state index in [9.17, 15) is 13.6 Å². The van der Waals surface area contributed by atoms with Crippen molar-refractivity contribution in [2.45, 2.75) is 0 Å². The average molecular weight is 386 g/mol. The van der Waals surface area contributed by atoms with E-state index >= 15 is 0 Å². The maximum absolute atomic E-state index is 13.7. The molecule has 0 bridgehead atoms. The Morgan fingerprint density at radius 3 is 2.36 bits per heavy atom. The molecule has 0 aliphatic carbocycles. The van der Waals surface area contributed by atoms with Crippen LogP contribution < -0.4 is 20.1 Å². The summed E-state index contributed by atoms with van der Waals surface area (Å²) in [5.74, 6) is -1.02. The van der Waals surface area contributed by atoms with E-state index in [2.05, 4.69) is 20.6 Å². The molecular weight excluding hydrogens is 370 g/mol. The molecule has 144 valence electrons. The van der Waals surface area contributed by atoms with Crippen LogP contribution in [0.15, 0.2) is 48.8 Å². The summed E-state index contributed by atoms with van der Waals surface area (Å²) in [4.78, 5) is 20.4. The molecule has 0 saturated carbocycles. The van der Waals surface area contributed by atoms with Gasteiger partial charge in [0.1, 0.15) is 40.3 Å². The van der Waals surface area contributed by atoms with Gasteiger partial charge in [0.2, 0.25) is 0 Å². The molecule has 1 amide bonds. The molecule has 0 saturated heterocycles. The number of halogens is 2. The number of carbonyl (C=O) groups excluding carboxylic acids is 1. The van der Waals surface area contributed by atoms with Crippen LogP contribution in [0.1, 0.15) is 10.5 Å². The van der Waals surface area contributed by atoms with E-state index in [1.165, 1.54) is 32.7 Å². The van der Waals surface area contributed by atoms with Gasteiger partial charge in [-0.05, 0) is 24.3 Å². The third-order valence-corrected chi connectivity index (χ3v) is 3.76. The second-order valence-corrected chi connectivity index (χ2v) is 5.53. The Bertz CT molecular complexity index is 977. The molecule has 3 aromatic rings. The molecule has 0 spiro atoms. The van der Waals surface area contributed by atoms with Gasteiger partial charge in [0.05, 0.1) is 32.3 Å². The normalized spacial score (nSPS) is 10.3. The van der Waals surface area contributed by atoms with Crippen molar-refractivity contribution in [1.82, 2.24) is 9.97 Å². The summed E-state index contributed by atoms with van der Waals surface area (Å²) in [7, 11) is 2.97. The van der Waals surface area contributed by atoms with Gasteiger partial charge in [-0.3, -0.25) is 4.79 Å². The van der Waals surface area contributed by atoms with E-state index in [-0.39, 0.29) is 17.2 Å². The average Bonchev–Trinajstić information content (AvgIpc) is 2.71. The zero-order valence-corrected chi connectivity index (χ0v) is 15.0. The summed E-state index contributed by atoms with van der Waals surface area (Å²) in [6.07, 6.45) is 2.38. The first-order chi connectivity index (χ1) is 13.5. The zero-order valence-electron chi connectivity index (χ0n) is 15.0. The summed E-state index contributed by atoms with van der Waals surface area (Å²) >= 11 is 0. The number of para-hydroxylation sites is 1. The fourth-order valence-electron chi connectivity index (χ4n) is 2.35. The highest BCUT2D eigenvalue weighted by Gasteiger charge is 2.14. The third kappa shape index (κ3) is 4.14. The van der Waals surface area contributed by atoms with Crippen molar-refractivity contribution in [1.29, 1.82) is 0 Å². The highest BCUT2D eigenvalue weighted by Crippen LogP contribution is 2.29. The molecule has 3 rings (SSSR count). The minimum atomic E-state index is -0.770. The number of hydrogen-bond acceptors (Lipinski definition) is 6. The number of ether oxygens (including phenoxy) is 2.